The van der Waals surface area contributed by atoms with Crippen molar-refractivity contribution in [1.29, 1.82) is 0 Å². The first-order valence-electron chi connectivity index (χ1n) is 13.6. The van der Waals surface area contributed by atoms with E-state index >= 15 is 0 Å². The Bertz CT molecular complexity index is 1210. The van der Waals surface area contributed by atoms with Crippen molar-refractivity contribution in [3.8, 4) is 5.75 Å². The summed E-state index contributed by atoms with van der Waals surface area (Å²) in [6.07, 6.45) is 5.29. The van der Waals surface area contributed by atoms with Crippen LogP contribution in [0.4, 0.5) is 10.5 Å². The Balaban J connectivity index is 1.06. The minimum absolute atomic E-state index is 0.167. The molecule has 1 aromatic heterocycles. The summed E-state index contributed by atoms with van der Waals surface area (Å²) < 4.78 is 5.59. The van der Waals surface area contributed by atoms with E-state index < -0.39 is 0 Å². The van der Waals surface area contributed by atoms with Crippen molar-refractivity contribution in [2.75, 3.05) is 31.5 Å². The second-order valence-corrected chi connectivity index (χ2v) is 11.6. The number of tetrazole rings is 1. The highest BCUT2D eigenvalue weighted by atomic mass is 32.2. The molecule has 2 aliphatic heterocycles. The number of piperidine rings is 2. The Morgan fingerprint density at radius 3 is 2.41 bits per heavy atom. The number of benzene rings is 2. The fourth-order valence-electron chi connectivity index (χ4n) is 5.14. The minimum Gasteiger partial charge on any atom is -0.410 e. The molecule has 3 heterocycles. The van der Waals surface area contributed by atoms with E-state index in [0.29, 0.717) is 46.4 Å². The fourth-order valence-corrected chi connectivity index (χ4v) is 6.13. The predicted octanol–water partition coefficient (Wildman–Crippen LogP) is 4.83. The second-order valence-electron chi connectivity index (χ2n) is 10.2. The molecule has 206 valence electrons. The maximum absolute atomic E-state index is 12.7. The molecular weight excluding hydrogens is 514 g/mol. The van der Waals surface area contributed by atoms with E-state index in [9.17, 15) is 9.59 Å². The molecule has 1 unspecified atom stereocenters. The predicted molar refractivity (Wildman–Crippen MR) is 150 cm³/mol. The number of aromatic amines is 1. The molecule has 2 aliphatic rings. The summed E-state index contributed by atoms with van der Waals surface area (Å²) in [6, 6.07) is 14.7. The first-order chi connectivity index (χ1) is 19.0. The zero-order chi connectivity index (χ0) is 27.0. The number of likely N-dealkylation sites (tertiary alicyclic amines) is 2. The standard InChI is InChI=1S/C28H35N7O3S/c1-20(39-27-30-32-33-31-27)22-13-17-35(18-14-22)28(37)38-25-11-9-24(10-12-25)29-26(36)23-7-5-21(6-8-23)19-34-15-3-2-4-16-34/h5-12,20,22H,2-4,13-19H2,1H3,(H,29,36)(H,30,31,32,33). The highest BCUT2D eigenvalue weighted by Crippen LogP contribution is 2.31. The van der Waals surface area contributed by atoms with Crippen LogP contribution in [0.25, 0.3) is 0 Å². The van der Waals surface area contributed by atoms with E-state index in [1.54, 1.807) is 40.9 Å². The van der Waals surface area contributed by atoms with Gasteiger partial charge in [-0.2, -0.15) is 0 Å². The first kappa shape index (κ1) is 27.1. The molecule has 0 aliphatic carbocycles. The lowest BCUT2D eigenvalue weighted by atomic mass is 9.94. The van der Waals surface area contributed by atoms with Crippen molar-refractivity contribution in [1.82, 2.24) is 30.4 Å². The number of H-pyrrole nitrogens is 1. The third-order valence-electron chi connectivity index (χ3n) is 7.47. The monoisotopic (exact) mass is 549 g/mol. The molecule has 2 fully saturated rings. The molecule has 39 heavy (non-hydrogen) atoms. The first-order valence-corrected chi connectivity index (χ1v) is 14.5. The van der Waals surface area contributed by atoms with Gasteiger partial charge >= 0.3 is 6.09 Å². The van der Waals surface area contributed by atoms with E-state index in [0.717, 1.165) is 32.5 Å². The topological polar surface area (TPSA) is 116 Å². The molecule has 0 saturated carbocycles. The Morgan fingerprint density at radius 2 is 1.74 bits per heavy atom. The van der Waals surface area contributed by atoms with E-state index in [4.69, 9.17) is 4.74 Å². The van der Waals surface area contributed by atoms with Gasteiger partial charge in [-0.15, -0.1) is 5.10 Å². The lowest BCUT2D eigenvalue weighted by Gasteiger charge is -2.33. The molecule has 5 rings (SSSR count). The van der Waals surface area contributed by atoms with Gasteiger partial charge in [-0.25, -0.2) is 9.89 Å². The molecule has 11 heteroatoms. The lowest BCUT2D eigenvalue weighted by Crippen LogP contribution is -2.41. The summed E-state index contributed by atoms with van der Waals surface area (Å²) >= 11 is 1.62. The SMILES string of the molecule is CC(Sc1nnn[nH]1)C1CCN(C(=O)Oc2ccc(NC(=O)c3ccc(CN4CCCCC4)cc3)cc2)CC1. The molecule has 2 saturated heterocycles. The summed E-state index contributed by atoms with van der Waals surface area (Å²) in [5.41, 5.74) is 2.48. The maximum atomic E-state index is 12.7. The van der Waals surface area contributed by atoms with Gasteiger partial charge in [0.2, 0.25) is 5.16 Å². The van der Waals surface area contributed by atoms with Gasteiger partial charge in [0.15, 0.2) is 0 Å². The van der Waals surface area contributed by atoms with Crippen LogP contribution in [0.2, 0.25) is 0 Å². The summed E-state index contributed by atoms with van der Waals surface area (Å²) in [6.45, 7) is 6.68. The van der Waals surface area contributed by atoms with Gasteiger partial charge in [0, 0.05) is 36.1 Å². The number of rotatable bonds is 8. The number of thioether (sulfide) groups is 1. The van der Waals surface area contributed by atoms with Crippen LogP contribution in [0, 0.1) is 5.92 Å². The number of carbonyl (C=O) groups excluding carboxylic acids is 2. The average molecular weight is 550 g/mol. The number of amides is 2. The van der Waals surface area contributed by atoms with Crippen molar-refractivity contribution in [2.45, 2.75) is 56.0 Å². The maximum Gasteiger partial charge on any atom is 0.415 e. The Labute approximate surface area is 232 Å². The second kappa shape index (κ2) is 13.1. The van der Waals surface area contributed by atoms with Crippen LogP contribution in [-0.4, -0.2) is 73.9 Å². The van der Waals surface area contributed by atoms with Gasteiger partial charge in [0.05, 0.1) is 0 Å². The van der Waals surface area contributed by atoms with E-state index in [1.165, 1.54) is 24.8 Å². The van der Waals surface area contributed by atoms with Crippen LogP contribution in [-0.2, 0) is 6.54 Å². The number of hydrogen-bond donors (Lipinski definition) is 2. The van der Waals surface area contributed by atoms with Gasteiger partial charge < -0.3 is 15.0 Å². The number of aromatic nitrogens is 4. The van der Waals surface area contributed by atoms with E-state index in [1.807, 2.05) is 24.3 Å². The number of nitrogens with one attached hydrogen (secondary N) is 2. The summed E-state index contributed by atoms with van der Waals surface area (Å²) in [5.74, 6) is 0.751. The van der Waals surface area contributed by atoms with Gasteiger partial charge in [-0.05, 0) is 97.1 Å². The van der Waals surface area contributed by atoms with Gasteiger partial charge in [0.25, 0.3) is 5.91 Å². The highest BCUT2D eigenvalue weighted by Gasteiger charge is 2.28. The molecule has 2 amide bonds. The normalized spacial score (nSPS) is 17.5. The third kappa shape index (κ3) is 7.57. The van der Waals surface area contributed by atoms with Gasteiger partial charge in [-0.3, -0.25) is 9.69 Å². The van der Waals surface area contributed by atoms with Crippen LogP contribution in [0.5, 0.6) is 5.75 Å². The molecule has 2 aromatic carbocycles. The number of ether oxygens (including phenoxy) is 1. The minimum atomic E-state index is -0.352. The fraction of sp³-hybridized carbons (Fsp3) is 0.464. The highest BCUT2D eigenvalue weighted by molar-refractivity contribution is 7.99. The van der Waals surface area contributed by atoms with Crippen LogP contribution in [0.15, 0.2) is 53.7 Å². The zero-order valence-electron chi connectivity index (χ0n) is 22.2. The number of hydrogen-bond acceptors (Lipinski definition) is 8. The van der Waals surface area contributed by atoms with E-state index in [2.05, 4.69) is 37.8 Å². The molecule has 1 atom stereocenters. The molecular formula is C28H35N7O3S. The number of carbonyl (C=O) groups is 2. The molecule has 0 radical (unpaired) electrons. The molecule has 0 spiro atoms. The summed E-state index contributed by atoms with van der Waals surface area (Å²) in [5, 5.41) is 17.9. The van der Waals surface area contributed by atoms with Crippen LogP contribution >= 0.6 is 11.8 Å². The lowest BCUT2D eigenvalue weighted by molar-refractivity contribution is 0.102. The molecule has 2 N–H and O–H groups in total. The Kier molecular flexibility index (Phi) is 9.10. The van der Waals surface area contributed by atoms with Crippen molar-refractivity contribution < 1.29 is 14.3 Å². The molecule has 10 nitrogen and oxygen atoms in total. The van der Waals surface area contributed by atoms with Crippen LogP contribution < -0.4 is 10.1 Å². The average Bonchev–Trinajstić information content (AvgIpc) is 3.48. The van der Waals surface area contributed by atoms with Gasteiger partial charge in [-0.1, -0.05) is 37.2 Å². The quantitative estimate of drug-likeness (QED) is 0.384. The van der Waals surface area contributed by atoms with Crippen molar-refractivity contribution in [3.05, 3.63) is 59.7 Å². The summed E-state index contributed by atoms with van der Waals surface area (Å²) in [7, 11) is 0. The van der Waals surface area contributed by atoms with Crippen LogP contribution in [0.1, 0.15) is 54.9 Å². The van der Waals surface area contributed by atoms with Gasteiger partial charge in [0.1, 0.15) is 5.75 Å². The van der Waals surface area contributed by atoms with Crippen molar-refractivity contribution in [3.63, 3.8) is 0 Å². The third-order valence-corrected chi connectivity index (χ3v) is 8.63. The molecule has 0 bridgehead atoms. The molecule has 3 aromatic rings. The largest absolute Gasteiger partial charge is 0.415 e. The zero-order valence-corrected chi connectivity index (χ0v) is 23.0. The summed E-state index contributed by atoms with van der Waals surface area (Å²) in [4.78, 5) is 29.6. The van der Waals surface area contributed by atoms with Crippen molar-refractivity contribution >= 4 is 29.4 Å². The Morgan fingerprint density at radius 1 is 1.03 bits per heavy atom. The number of anilines is 1. The number of nitrogens with zero attached hydrogens (tertiary/aromatic N) is 5. The Hall–Kier alpha value is -3.44. The smallest absolute Gasteiger partial charge is 0.410 e. The van der Waals surface area contributed by atoms with Crippen LogP contribution in [0.3, 0.4) is 0 Å². The van der Waals surface area contributed by atoms with Crippen molar-refractivity contribution in [2.24, 2.45) is 5.92 Å². The van der Waals surface area contributed by atoms with E-state index in [-0.39, 0.29) is 12.0 Å².